The topological polar surface area (TPSA) is 70.8 Å². The van der Waals surface area contributed by atoms with Gasteiger partial charge < -0.3 is 14.4 Å². The van der Waals surface area contributed by atoms with E-state index >= 15 is 0 Å². The van der Waals surface area contributed by atoms with Gasteiger partial charge in [0.15, 0.2) is 11.0 Å². The lowest BCUT2D eigenvalue weighted by Crippen LogP contribution is -2.29. The Morgan fingerprint density at radius 3 is 2.62 bits per heavy atom. The van der Waals surface area contributed by atoms with Gasteiger partial charge in [0, 0.05) is 24.2 Å². The summed E-state index contributed by atoms with van der Waals surface area (Å²) in [5, 5.41) is 10.1. The highest BCUT2D eigenvalue weighted by atomic mass is 16.3. The highest BCUT2D eigenvalue weighted by Gasteiger charge is 2.27. The summed E-state index contributed by atoms with van der Waals surface area (Å²) in [6, 6.07) is 14.4. The van der Waals surface area contributed by atoms with Crippen LogP contribution in [-0.4, -0.2) is 35.1 Å². The number of rotatable bonds is 2. The maximum Gasteiger partial charge on any atom is 0.257 e. The first-order valence-corrected chi connectivity index (χ1v) is 8.65. The van der Waals surface area contributed by atoms with E-state index in [4.69, 9.17) is 4.42 Å². The third kappa shape index (κ3) is 2.70. The van der Waals surface area contributed by atoms with Gasteiger partial charge in [0.2, 0.25) is 0 Å². The molecule has 5 nitrogen and oxygen atoms in total. The van der Waals surface area contributed by atoms with Crippen LogP contribution in [0.25, 0.3) is 22.3 Å². The lowest BCUT2D eigenvalue weighted by molar-refractivity contribution is 0.0765. The molecule has 0 bridgehead atoms. The molecule has 2 aromatic carbocycles. The summed E-state index contributed by atoms with van der Waals surface area (Å²) >= 11 is 0. The average molecular weight is 349 g/mol. The summed E-state index contributed by atoms with van der Waals surface area (Å²) in [6.07, 6.45) is 0.0671. The molecular formula is C21H19NO4. The second-order valence-electron chi connectivity index (χ2n) is 6.63. The highest BCUT2D eigenvalue weighted by molar-refractivity contribution is 6.05. The molecule has 0 radical (unpaired) electrons. The average Bonchev–Trinajstić information content (AvgIpc) is 3.10. The third-order valence-corrected chi connectivity index (χ3v) is 4.86. The van der Waals surface area contributed by atoms with Crippen LogP contribution in [0.1, 0.15) is 22.3 Å². The smallest absolute Gasteiger partial charge is 0.257 e. The molecule has 5 heteroatoms. The number of carbonyl (C=O) groups is 1. The molecule has 1 N–H and O–H groups in total. The van der Waals surface area contributed by atoms with Crippen molar-refractivity contribution >= 4 is 16.9 Å². The Morgan fingerprint density at radius 2 is 1.92 bits per heavy atom. The van der Waals surface area contributed by atoms with E-state index in [1.807, 2.05) is 30.3 Å². The van der Waals surface area contributed by atoms with E-state index in [0.717, 1.165) is 5.56 Å². The van der Waals surface area contributed by atoms with Crippen LogP contribution in [-0.2, 0) is 0 Å². The van der Waals surface area contributed by atoms with Gasteiger partial charge in [-0.1, -0.05) is 36.4 Å². The zero-order valence-electron chi connectivity index (χ0n) is 14.4. The zero-order valence-corrected chi connectivity index (χ0v) is 14.4. The SMILES string of the molecule is Cc1c(-c2ccccc2)oc2c(C(=O)N3CC[C@H](O)C3)cccc2c1=O. The minimum absolute atomic E-state index is 0.138. The van der Waals surface area contributed by atoms with Crippen molar-refractivity contribution < 1.29 is 14.3 Å². The monoisotopic (exact) mass is 349 g/mol. The predicted molar refractivity (Wildman–Crippen MR) is 99.2 cm³/mol. The second kappa shape index (κ2) is 6.42. The Morgan fingerprint density at radius 1 is 1.15 bits per heavy atom. The van der Waals surface area contributed by atoms with Crippen molar-refractivity contribution in [2.75, 3.05) is 13.1 Å². The Bertz CT molecular complexity index is 1040. The standard InChI is InChI=1S/C21H19NO4/c1-13-18(24)16-8-5-9-17(21(25)22-11-10-15(23)12-22)20(16)26-19(13)14-6-3-2-4-7-14/h2-9,15,23H,10-12H2,1H3/t15-/m0/s1. The quantitative estimate of drug-likeness (QED) is 0.772. The lowest BCUT2D eigenvalue weighted by atomic mass is 10.0. The molecule has 132 valence electrons. The predicted octanol–water partition coefficient (Wildman–Crippen LogP) is 2.98. The summed E-state index contributed by atoms with van der Waals surface area (Å²) < 4.78 is 6.09. The number of nitrogens with zero attached hydrogens (tertiary/aromatic N) is 1. The maximum atomic E-state index is 12.9. The molecule has 0 spiro atoms. The first-order valence-electron chi connectivity index (χ1n) is 8.65. The Labute approximate surface area is 150 Å². The Hall–Kier alpha value is -2.92. The molecule has 4 rings (SSSR count). The summed E-state index contributed by atoms with van der Waals surface area (Å²) in [5.41, 5.74) is 1.83. The molecule has 1 amide bonds. The van der Waals surface area contributed by atoms with Crippen molar-refractivity contribution in [3.63, 3.8) is 0 Å². The van der Waals surface area contributed by atoms with Crippen LogP contribution in [0.15, 0.2) is 57.7 Å². The number of carbonyl (C=O) groups excluding carboxylic acids is 1. The number of β-amino-alcohol motifs (C(OH)–C–C–N with tert-alkyl or cyclic N) is 1. The molecule has 1 aromatic heterocycles. The maximum absolute atomic E-state index is 12.9. The van der Waals surface area contributed by atoms with Crippen LogP contribution in [0.4, 0.5) is 0 Å². The van der Waals surface area contributed by atoms with E-state index in [1.54, 1.807) is 30.0 Å². The van der Waals surface area contributed by atoms with Crippen molar-refractivity contribution in [2.45, 2.75) is 19.4 Å². The van der Waals surface area contributed by atoms with Gasteiger partial charge in [-0.3, -0.25) is 9.59 Å². The van der Waals surface area contributed by atoms with Crippen LogP contribution in [0.5, 0.6) is 0 Å². The number of aliphatic hydroxyl groups is 1. The molecule has 3 aromatic rings. The number of para-hydroxylation sites is 1. The van der Waals surface area contributed by atoms with Crippen molar-refractivity contribution in [3.8, 4) is 11.3 Å². The molecule has 2 heterocycles. The molecule has 0 saturated carbocycles. The van der Waals surface area contributed by atoms with Gasteiger partial charge in [-0.2, -0.15) is 0 Å². The molecule has 1 atom stereocenters. The minimum atomic E-state index is -0.497. The summed E-state index contributed by atoms with van der Waals surface area (Å²) in [7, 11) is 0. The van der Waals surface area contributed by atoms with Crippen LogP contribution >= 0.6 is 0 Å². The minimum Gasteiger partial charge on any atom is -0.455 e. The fourth-order valence-corrected chi connectivity index (χ4v) is 3.44. The van der Waals surface area contributed by atoms with Crippen LogP contribution in [0.3, 0.4) is 0 Å². The normalized spacial score (nSPS) is 17.0. The van der Waals surface area contributed by atoms with Gasteiger partial charge in [-0.25, -0.2) is 0 Å². The van der Waals surface area contributed by atoms with Gasteiger partial charge in [-0.15, -0.1) is 0 Å². The van der Waals surface area contributed by atoms with E-state index in [0.29, 0.717) is 47.4 Å². The van der Waals surface area contributed by atoms with Crippen molar-refractivity contribution in [1.82, 2.24) is 4.90 Å². The van der Waals surface area contributed by atoms with E-state index in [1.165, 1.54) is 0 Å². The molecule has 1 fully saturated rings. The molecule has 26 heavy (non-hydrogen) atoms. The van der Waals surface area contributed by atoms with Crippen molar-refractivity contribution in [1.29, 1.82) is 0 Å². The number of hydrogen-bond acceptors (Lipinski definition) is 4. The fourth-order valence-electron chi connectivity index (χ4n) is 3.44. The van der Waals surface area contributed by atoms with Gasteiger partial charge in [0.05, 0.1) is 17.1 Å². The zero-order chi connectivity index (χ0) is 18.3. The highest BCUT2D eigenvalue weighted by Crippen LogP contribution is 2.28. The summed E-state index contributed by atoms with van der Waals surface area (Å²) in [5.74, 6) is 0.253. The van der Waals surface area contributed by atoms with E-state index in [-0.39, 0.29) is 11.3 Å². The molecular weight excluding hydrogens is 330 g/mol. The lowest BCUT2D eigenvalue weighted by Gasteiger charge is -2.17. The Balaban J connectivity index is 1.91. The van der Waals surface area contributed by atoms with E-state index in [9.17, 15) is 14.7 Å². The first kappa shape index (κ1) is 16.5. The number of hydrogen-bond donors (Lipinski definition) is 1. The number of likely N-dealkylation sites (tertiary alicyclic amines) is 1. The number of benzene rings is 2. The fraction of sp³-hybridized carbons (Fsp3) is 0.238. The van der Waals surface area contributed by atoms with Crippen LogP contribution < -0.4 is 5.43 Å². The molecule has 0 unspecified atom stereocenters. The molecule has 0 aliphatic carbocycles. The third-order valence-electron chi connectivity index (χ3n) is 4.86. The van der Waals surface area contributed by atoms with E-state index < -0.39 is 6.10 Å². The second-order valence-corrected chi connectivity index (χ2v) is 6.63. The number of aliphatic hydroxyl groups excluding tert-OH is 1. The number of fused-ring (bicyclic) bond motifs is 1. The summed E-state index contributed by atoms with van der Waals surface area (Å²) in [4.78, 5) is 27.3. The van der Waals surface area contributed by atoms with Crippen molar-refractivity contribution in [3.05, 3.63) is 69.9 Å². The largest absolute Gasteiger partial charge is 0.455 e. The van der Waals surface area contributed by atoms with Gasteiger partial charge in [-0.05, 0) is 25.5 Å². The molecule has 1 aliphatic rings. The van der Waals surface area contributed by atoms with E-state index in [2.05, 4.69) is 0 Å². The van der Waals surface area contributed by atoms with Gasteiger partial charge >= 0.3 is 0 Å². The van der Waals surface area contributed by atoms with Crippen LogP contribution in [0, 0.1) is 6.92 Å². The van der Waals surface area contributed by atoms with Crippen LogP contribution in [0.2, 0.25) is 0 Å². The van der Waals surface area contributed by atoms with Gasteiger partial charge in [0.1, 0.15) is 5.76 Å². The number of amides is 1. The Kier molecular flexibility index (Phi) is 4.09. The molecule has 1 aliphatic heterocycles. The summed E-state index contributed by atoms with van der Waals surface area (Å²) in [6.45, 7) is 2.54. The van der Waals surface area contributed by atoms with Crippen molar-refractivity contribution in [2.24, 2.45) is 0 Å². The first-order chi connectivity index (χ1) is 12.6. The van der Waals surface area contributed by atoms with Gasteiger partial charge in [0.25, 0.3) is 5.91 Å². The molecule has 1 saturated heterocycles.